The van der Waals surface area contributed by atoms with E-state index in [4.69, 9.17) is 0 Å². The number of thiazole rings is 1. The number of hydrogen-bond acceptors (Lipinski definition) is 5. The van der Waals surface area contributed by atoms with Gasteiger partial charge in [-0.05, 0) is 54.2 Å². The maximum atomic E-state index is 12.6. The van der Waals surface area contributed by atoms with Gasteiger partial charge in [0, 0.05) is 29.6 Å². The van der Waals surface area contributed by atoms with Crippen LogP contribution in [0.5, 0.6) is 5.75 Å². The van der Waals surface area contributed by atoms with Crippen molar-refractivity contribution >= 4 is 34.0 Å². The van der Waals surface area contributed by atoms with Crippen molar-refractivity contribution in [1.82, 2.24) is 10.3 Å². The molecule has 0 bridgehead atoms. The highest BCUT2D eigenvalue weighted by molar-refractivity contribution is 7.09. The number of phenols is 1. The van der Waals surface area contributed by atoms with Crippen molar-refractivity contribution in [2.45, 2.75) is 38.0 Å². The Morgan fingerprint density at radius 1 is 1.17 bits per heavy atom. The first-order chi connectivity index (χ1) is 14.5. The minimum Gasteiger partial charge on any atom is -0.508 e. The van der Waals surface area contributed by atoms with Crippen LogP contribution in [0.1, 0.15) is 42.2 Å². The molecule has 0 fully saturated rings. The lowest BCUT2D eigenvalue weighted by molar-refractivity contribution is -0.133. The molecular formula is C23H22N2O4S. The van der Waals surface area contributed by atoms with Crippen LogP contribution in [0.4, 0.5) is 0 Å². The van der Waals surface area contributed by atoms with Crippen LogP contribution in [0.2, 0.25) is 0 Å². The SMILES string of the molecule is O=C(CCc1ccc2cc(O)ccc2c1)NC1=C(C(=O)O)CCC(c2nccs2)C1. The lowest BCUT2D eigenvalue weighted by atomic mass is 9.87. The van der Waals surface area contributed by atoms with Gasteiger partial charge in [0.15, 0.2) is 0 Å². The molecule has 4 rings (SSSR count). The summed E-state index contributed by atoms with van der Waals surface area (Å²) in [4.78, 5) is 28.5. The van der Waals surface area contributed by atoms with Gasteiger partial charge in [0.2, 0.25) is 5.91 Å². The average molecular weight is 423 g/mol. The summed E-state index contributed by atoms with van der Waals surface area (Å²) in [6, 6.07) is 11.1. The lowest BCUT2D eigenvalue weighted by Crippen LogP contribution is -2.29. The van der Waals surface area contributed by atoms with Crippen molar-refractivity contribution in [2.24, 2.45) is 0 Å². The summed E-state index contributed by atoms with van der Waals surface area (Å²) in [6.45, 7) is 0. The second kappa shape index (κ2) is 8.67. The number of fused-ring (bicyclic) bond motifs is 1. The first kappa shape index (κ1) is 20.1. The van der Waals surface area contributed by atoms with E-state index in [0.29, 0.717) is 30.5 Å². The number of carboxylic acids is 1. The maximum absolute atomic E-state index is 12.6. The molecule has 0 saturated carbocycles. The highest BCUT2D eigenvalue weighted by Gasteiger charge is 2.28. The predicted octanol–water partition coefficient (Wildman–Crippen LogP) is 4.36. The Morgan fingerprint density at radius 3 is 2.73 bits per heavy atom. The zero-order valence-electron chi connectivity index (χ0n) is 16.3. The zero-order chi connectivity index (χ0) is 21.1. The van der Waals surface area contributed by atoms with Crippen molar-refractivity contribution in [3.63, 3.8) is 0 Å². The van der Waals surface area contributed by atoms with Crippen molar-refractivity contribution in [3.05, 3.63) is 69.8 Å². The van der Waals surface area contributed by atoms with Crippen LogP contribution in [0.25, 0.3) is 10.8 Å². The third-order valence-corrected chi connectivity index (χ3v) is 6.37. The normalized spacial score (nSPS) is 16.6. The molecule has 7 heteroatoms. The number of aliphatic carboxylic acids is 1. The second-order valence-electron chi connectivity index (χ2n) is 7.49. The number of aromatic nitrogens is 1. The highest BCUT2D eigenvalue weighted by atomic mass is 32.1. The van der Waals surface area contributed by atoms with Gasteiger partial charge in [0.25, 0.3) is 0 Å². The first-order valence-corrected chi connectivity index (χ1v) is 10.7. The summed E-state index contributed by atoms with van der Waals surface area (Å²) < 4.78 is 0. The number of amides is 1. The summed E-state index contributed by atoms with van der Waals surface area (Å²) in [5.74, 6) is -0.795. The molecule has 3 N–H and O–H groups in total. The molecule has 0 saturated heterocycles. The summed E-state index contributed by atoms with van der Waals surface area (Å²) in [6.07, 6.45) is 4.20. The molecule has 0 spiro atoms. The molecular weight excluding hydrogens is 400 g/mol. The van der Waals surface area contributed by atoms with Crippen molar-refractivity contribution < 1.29 is 19.8 Å². The fourth-order valence-corrected chi connectivity index (χ4v) is 4.65. The van der Waals surface area contributed by atoms with Crippen molar-refractivity contribution in [2.75, 3.05) is 0 Å². The van der Waals surface area contributed by atoms with E-state index in [-0.39, 0.29) is 24.0 Å². The molecule has 0 radical (unpaired) electrons. The zero-order valence-corrected chi connectivity index (χ0v) is 17.1. The molecule has 2 aromatic carbocycles. The number of hydrogen-bond donors (Lipinski definition) is 3. The van der Waals surface area contributed by atoms with Crippen LogP contribution in [-0.2, 0) is 16.0 Å². The van der Waals surface area contributed by atoms with Gasteiger partial charge in [-0.3, -0.25) is 4.79 Å². The van der Waals surface area contributed by atoms with Gasteiger partial charge in [0.05, 0.1) is 10.6 Å². The molecule has 1 amide bonds. The van der Waals surface area contributed by atoms with Gasteiger partial charge in [0.1, 0.15) is 5.75 Å². The van der Waals surface area contributed by atoms with E-state index in [1.165, 1.54) is 0 Å². The van der Waals surface area contributed by atoms with Crippen LogP contribution < -0.4 is 5.32 Å². The number of carbonyl (C=O) groups is 2. The number of rotatable bonds is 6. The van der Waals surface area contributed by atoms with Crippen LogP contribution in [-0.4, -0.2) is 27.1 Å². The van der Waals surface area contributed by atoms with E-state index in [0.717, 1.165) is 27.8 Å². The van der Waals surface area contributed by atoms with E-state index >= 15 is 0 Å². The lowest BCUT2D eigenvalue weighted by Gasteiger charge is -2.24. The average Bonchev–Trinajstić information content (AvgIpc) is 3.27. The smallest absolute Gasteiger partial charge is 0.333 e. The molecule has 1 unspecified atom stereocenters. The number of phenolic OH excluding ortho intramolecular Hbond substituents is 1. The largest absolute Gasteiger partial charge is 0.508 e. The predicted molar refractivity (Wildman–Crippen MR) is 115 cm³/mol. The van der Waals surface area contributed by atoms with Gasteiger partial charge < -0.3 is 15.5 Å². The third kappa shape index (κ3) is 4.52. The quantitative estimate of drug-likeness (QED) is 0.548. The number of benzene rings is 2. The number of nitrogens with one attached hydrogen (secondary N) is 1. The Hall–Kier alpha value is -3.19. The Labute approximate surface area is 177 Å². The van der Waals surface area contributed by atoms with E-state index < -0.39 is 5.97 Å². The van der Waals surface area contributed by atoms with Gasteiger partial charge in [-0.2, -0.15) is 0 Å². The Kier molecular flexibility index (Phi) is 5.81. The van der Waals surface area contributed by atoms with Gasteiger partial charge in [-0.25, -0.2) is 9.78 Å². The van der Waals surface area contributed by atoms with Crippen LogP contribution in [0.15, 0.2) is 59.2 Å². The van der Waals surface area contributed by atoms with Crippen molar-refractivity contribution in [3.8, 4) is 5.75 Å². The molecule has 1 aliphatic rings. The van der Waals surface area contributed by atoms with Crippen LogP contribution >= 0.6 is 11.3 Å². The summed E-state index contributed by atoms with van der Waals surface area (Å²) in [5, 5.41) is 26.8. The second-order valence-corrected chi connectivity index (χ2v) is 8.41. The fraction of sp³-hybridized carbons (Fsp3) is 0.261. The third-order valence-electron chi connectivity index (χ3n) is 5.44. The van der Waals surface area contributed by atoms with Crippen LogP contribution in [0.3, 0.4) is 0 Å². The molecule has 154 valence electrons. The van der Waals surface area contributed by atoms with Gasteiger partial charge in [-0.1, -0.05) is 24.3 Å². The monoisotopic (exact) mass is 422 g/mol. The molecule has 3 aromatic rings. The minimum absolute atomic E-state index is 0.139. The number of aromatic hydroxyl groups is 1. The Morgan fingerprint density at radius 2 is 1.97 bits per heavy atom. The number of nitrogens with zero attached hydrogens (tertiary/aromatic N) is 1. The molecule has 1 heterocycles. The summed E-state index contributed by atoms with van der Waals surface area (Å²) in [7, 11) is 0. The summed E-state index contributed by atoms with van der Waals surface area (Å²) >= 11 is 1.56. The standard InChI is InChI=1S/C23H22N2O4S/c26-18-6-4-15-11-14(1-3-16(15)12-18)2-8-21(27)25-20-13-17(22-24-9-10-30-22)5-7-19(20)23(28)29/h1,3-4,6,9-12,17,26H,2,5,7-8,13H2,(H,25,27)(H,28,29). The number of aryl methyl sites for hydroxylation is 1. The Bertz CT molecular complexity index is 1120. The molecule has 1 aliphatic carbocycles. The van der Waals surface area contributed by atoms with Crippen molar-refractivity contribution in [1.29, 1.82) is 0 Å². The molecule has 0 aliphatic heterocycles. The highest BCUT2D eigenvalue weighted by Crippen LogP contribution is 2.36. The van der Waals surface area contributed by atoms with Crippen LogP contribution in [0, 0.1) is 0 Å². The molecule has 6 nitrogen and oxygen atoms in total. The first-order valence-electron chi connectivity index (χ1n) is 9.86. The fourth-order valence-electron chi connectivity index (χ4n) is 3.88. The minimum atomic E-state index is -0.972. The van der Waals surface area contributed by atoms with Gasteiger partial charge in [-0.15, -0.1) is 11.3 Å². The number of allylic oxidation sites excluding steroid dienone is 1. The van der Waals surface area contributed by atoms with Gasteiger partial charge >= 0.3 is 5.97 Å². The van der Waals surface area contributed by atoms with E-state index in [9.17, 15) is 19.8 Å². The number of carboxylic acid groups (broad SMARTS) is 1. The molecule has 1 atom stereocenters. The van der Waals surface area contributed by atoms with E-state index in [2.05, 4.69) is 10.3 Å². The molecule has 1 aromatic heterocycles. The maximum Gasteiger partial charge on any atom is 0.333 e. The van der Waals surface area contributed by atoms with E-state index in [1.807, 2.05) is 29.6 Å². The number of carbonyl (C=O) groups excluding carboxylic acids is 1. The Balaban J connectivity index is 1.42. The topological polar surface area (TPSA) is 99.5 Å². The van der Waals surface area contributed by atoms with E-state index in [1.54, 1.807) is 29.7 Å². The summed E-state index contributed by atoms with van der Waals surface area (Å²) in [5.41, 5.74) is 1.81. The molecule has 30 heavy (non-hydrogen) atoms.